The van der Waals surface area contributed by atoms with Crippen molar-refractivity contribution in [2.45, 2.75) is 44.0 Å². The molecular weight excluding hydrogens is 514 g/mol. The van der Waals surface area contributed by atoms with Gasteiger partial charge in [0.25, 0.3) is 0 Å². The Balaban J connectivity index is 1.35. The lowest BCUT2D eigenvalue weighted by molar-refractivity contribution is -0.127. The number of amides is 2. The summed E-state index contributed by atoms with van der Waals surface area (Å²) in [6.07, 6.45) is 9.98. The van der Waals surface area contributed by atoms with Crippen molar-refractivity contribution in [3.63, 3.8) is 0 Å². The van der Waals surface area contributed by atoms with E-state index < -0.39 is 27.9 Å². The molecule has 2 amide bonds. The van der Waals surface area contributed by atoms with Gasteiger partial charge < -0.3 is 16.4 Å². The van der Waals surface area contributed by atoms with Gasteiger partial charge in [-0.2, -0.15) is 0 Å². The molecule has 4 rings (SSSR count). The standard InChI is InChI=1S/C29H35N5O4S/c30-28(31)23-13-11-21(12-14-23)17-32-26(35)18-33-29(36)27(25-16-24(25)15-20-7-3-1-4-8-20)34-39(37,38)19-22-9-5-2-6-10-22/h2-3,5-14,24-25,27,34H,1,4,15-19H2,(H3,30,31)(H,32,35)(H,33,36)/t24?,25-,27?/m0/s1. The van der Waals surface area contributed by atoms with E-state index >= 15 is 0 Å². The Labute approximate surface area is 229 Å². The van der Waals surface area contributed by atoms with E-state index in [1.54, 1.807) is 48.5 Å². The molecule has 0 bridgehead atoms. The van der Waals surface area contributed by atoms with Gasteiger partial charge in [-0.05, 0) is 48.6 Å². The fraction of sp³-hybridized carbons (Fsp3) is 0.345. The van der Waals surface area contributed by atoms with Crippen LogP contribution in [0.4, 0.5) is 0 Å². The molecule has 0 saturated heterocycles. The van der Waals surface area contributed by atoms with Crippen LogP contribution < -0.4 is 21.1 Å². The van der Waals surface area contributed by atoms with Crippen LogP contribution in [0.15, 0.2) is 78.4 Å². The Bertz CT molecular complexity index is 1350. The highest BCUT2D eigenvalue weighted by atomic mass is 32.2. The van der Waals surface area contributed by atoms with E-state index in [4.69, 9.17) is 11.1 Å². The Morgan fingerprint density at radius 2 is 1.74 bits per heavy atom. The molecule has 2 aromatic carbocycles. The monoisotopic (exact) mass is 549 g/mol. The lowest BCUT2D eigenvalue weighted by Crippen LogP contribution is -2.50. The van der Waals surface area contributed by atoms with E-state index in [0.717, 1.165) is 31.2 Å². The zero-order valence-corrected chi connectivity index (χ0v) is 22.5. The fourth-order valence-electron chi connectivity index (χ4n) is 4.74. The summed E-state index contributed by atoms with van der Waals surface area (Å²) in [5.74, 6) is -1.11. The molecular formula is C29H35N5O4S. The third kappa shape index (κ3) is 8.62. The molecule has 0 aromatic heterocycles. The Morgan fingerprint density at radius 1 is 1.00 bits per heavy atom. The Kier molecular flexibility index (Phi) is 9.32. The van der Waals surface area contributed by atoms with Crippen LogP contribution in [0.1, 0.15) is 42.4 Å². The minimum Gasteiger partial charge on any atom is -0.384 e. The zero-order chi connectivity index (χ0) is 27.8. The maximum Gasteiger partial charge on any atom is 0.239 e. The molecule has 6 N–H and O–H groups in total. The number of allylic oxidation sites excluding steroid dienone is 4. The molecule has 1 fully saturated rings. The highest BCUT2D eigenvalue weighted by Gasteiger charge is 2.47. The van der Waals surface area contributed by atoms with Gasteiger partial charge in [0.15, 0.2) is 0 Å². The van der Waals surface area contributed by atoms with Crippen LogP contribution in [0.25, 0.3) is 0 Å². The zero-order valence-electron chi connectivity index (χ0n) is 21.7. The van der Waals surface area contributed by atoms with Gasteiger partial charge >= 0.3 is 0 Å². The van der Waals surface area contributed by atoms with E-state index in [0.29, 0.717) is 11.1 Å². The first-order chi connectivity index (χ1) is 18.7. The van der Waals surface area contributed by atoms with Gasteiger partial charge in [-0.3, -0.25) is 15.0 Å². The maximum atomic E-state index is 13.2. The number of nitrogen functional groups attached to an aromatic ring is 1. The van der Waals surface area contributed by atoms with Gasteiger partial charge in [0, 0.05) is 12.1 Å². The summed E-state index contributed by atoms with van der Waals surface area (Å²) in [7, 11) is -3.80. The summed E-state index contributed by atoms with van der Waals surface area (Å²) in [5.41, 5.74) is 8.72. The van der Waals surface area contributed by atoms with Crippen molar-refractivity contribution < 1.29 is 18.0 Å². The van der Waals surface area contributed by atoms with E-state index in [-0.39, 0.29) is 36.5 Å². The molecule has 3 atom stereocenters. The van der Waals surface area contributed by atoms with Gasteiger partial charge in [0.1, 0.15) is 11.9 Å². The highest BCUT2D eigenvalue weighted by molar-refractivity contribution is 7.88. The molecule has 10 heteroatoms. The van der Waals surface area contributed by atoms with Gasteiger partial charge in [-0.15, -0.1) is 0 Å². The molecule has 2 aliphatic rings. The number of nitrogens with two attached hydrogens (primary N) is 1. The van der Waals surface area contributed by atoms with Crippen LogP contribution in [0.3, 0.4) is 0 Å². The van der Waals surface area contributed by atoms with Crippen LogP contribution in [-0.2, 0) is 31.9 Å². The number of rotatable bonds is 13. The van der Waals surface area contributed by atoms with E-state index in [1.807, 2.05) is 6.07 Å². The smallest absolute Gasteiger partial charge is 0.239 e. The normalized spacial score (nSPS) is 19.0. The lowest BCUT2D eigenvalue weighted by atomic mass is 10.00. The molecule has 2 unspecified atom stereocenters. The average molecular weight is 550 g/mol. The average Bonchev–Trinajstić information content (AvgIpc) is 3.69. The van der Waals surface area contributed by atoms with Gasteiger partial charge in [-0.1, -0.05) is 78.4 Å². The van der Waals surface area contributed by atoms with E-state index in [1.165, 1.54) is 5.57 Å². The molecule has 0 heterocycles. The van der Waals surface area contributed by atoms with E-state index in [2.05, 4.69) is 33.6 Å². The Morgan fingerprint density at radius 3 is 2.41 bits per heavy atom. The van der Waals surface area contributed by atoms with Gasteiger partial charge in [0.2, 0.25) is 21.8 Å². The van der Waals surface area contributed by atoms with Crippen molar-refractivity contribution >= 4 is 27.7 Å². The number of hydrogen-bond donors (Lipinski definition) is 5. The van der Waals surface area contributed by atoms with Crippen LogP contribution in [0.2, 0.25) is 0 Å². The SMILES string of the molecule is N=C(N)c1ccc(CNC(=O)CNC(=O)C(NS(=O)(=O)Cc2ccccc2)[C@H]2CC2CC2=CCCC=C2)cc1. The second-order valence-corrected chi connectivity index (χ2v) is 11.8. The molecule has 206 valence electrons. The summed E-state index contributed by atoms with van der Waals surface area (Å²) in [5, 5.41) is 12.8. The molecule has 0 spiro atoms. The van der Waals surface area contributed by atoms with Crippen LogP contribution in [-0.4, -0.2) is 38.7 Å². The number of amidine groups is 1. The third-order valence-electron chi connectivity index (χ3n) is 6.94. The predicted molar refractivity (Wildman–Crippen MR) is 151 cm³/mol. The van der Waals surface area contributed by atoms with Crippen molar-refractivity contribution in [1.82, 2.24) is 15.4 Å². The predicted octanol–water partition coefficient (Wildman–Crippen LogP) is 2.49. The minimum atomic E-state index is -3.80. The third-order valence-corrected chi connectivity index (χ3v) is 8.27. The number of sulfonamides is 1. The summed E-state index contributed by atoms with van der Waals surface area (Å²) < 4.78 is 28.6. The van der Waals surface area contributed by atoms with E-state index in [9.17, 15) is 18.0 Å². The fourth-order valence-corrected chi connectivity index (χ4v) is 6.13. The first-order valence-corrected chi connectivity index (χ1v) is 14.7. The molecule has 2 aliphatic carbocycles. The second-order valence-electron chi connectivity index (χ2n) is 10.1. The number of hydrogen-bond acceptors (Lipinski definition) is 5. The molecule has 0 radical (unpaired) electrons. The van der Waals surface area contributed by atoms with Crippen LogP contribution in [0.5, 0.6) is 0 Å². The van der Waals surface area contributed by atoms with Crippen molar-refractivity contribution in [3.8, 4) is 0 Å². The molecule has 2 aromatic rings. The molecule has 9 nitrogen and oxygen atoms in total. The van der Waals surface area contributed by atoms with Gasteiger partial charge in [-0.25, -0.2) is 13.1 Å². The van der Waals surface area contributed by atoms with Crippen molar-refractivity contribution in [2.75, 3.05) is 6.54 Å². The summed E-state index contributed by atoms with van der Waals surface area (Å²) in [6.45, 7) is -0.0279. The first-order valence-electron chi connectivity index (χ1n) is 13.1. The molecule has 0 aliphatic heterocycles. The minimum absolute atomic E-state index is 0.0351. The van der Waals surface area contributed by atoms with Crippen LogP contribution in [0, 0.1) is 17.2 Å². The number of nitrogens with one attached hydrogen (secondary N) is 4. The van der Waals surface area contributed by atoms with Crippen molar-refractivity contribution in [2.24, 2.45) is 17.6 Å². The highest BCUT2D eigenvalue weighted by Crippen LogP contribution is 2.46. The number of benzene rings is 2. The van der Waals surface area contributed by atoms with Crippen molar-refractivity contribution in [3.05, 3.63) is 95.1 Å². The summed E-state index contributed by atoms with van der Waals surface area (Å²) in [4.78, 5) is 25.6. The molecule has 1 saturated carbocycles. The van der Waals surface area contributed by atoms with Gasteiger partial charge in [0.05, 0.1) is 12.3 Å². The van der Waals surface area contributed by atoms with Crippen molar-refractivity contribution in [1.29, 1.82) is 5.41 Å². The summed E-state index contributed by atoms with van der Waals surface area (Å²) >= 11 is 0. The lowest BCUT2D eigenvalue weighted by Gasteiger charge is -2.19. The second kappa shape index (κ2) is 12.9. The van der Waals surface area contributed by atoms with Crippen LogP contribution >= 0.6 is 0 Å². The number of carbonyl (C=O) groups excluding carboxylic acids is 2. The largest absolute Gasteiger partial charge is 0.384 e. The first kappa shape index (κ1) is 28.3. The Hall–Kier alpha value is -3.76. The quantitative estimate of drug-likeness (QED) is 0.192. The number of carbonyl (C=O) groups is 2. The molecule has 39 heavy (non-hydrogen) atoms. The topological polar surface area (TPSA) is 154 Å². The maximum absolute atomic E-state index is 13.2. The summed E-state index contributed by atoms with van der Waals surface area (Å²) in [6, 6.07) is 14.8.